The van der Waals surface area contributed by atoms with Crippen LogP contribution in [0.1, 0.15) is 51.9 Å². The number of carbonyl (C=O) groups is 2. The largest absolute Gasteiger partial charge is 0.469 e. The number of carbonyl (C=O) groups excluding carboxylic acids is 2. The summed E-state index contributed by atoms with van der Waals surface area (Å²) in [5.41, 5.74) is 1.84. The van der Waals surface area contributed by atoms with Crippen LogP contribution in [-0.2, 0) is 19.1 Å². The zero-order valence-corrected chi connectivity index (χ0v) is 17.8. The lowest BCUT2D eigenvalue weighted by atomic mass is 9.50. The van der Waals surface area contributed by atoms with Crippen LogP contribution >= 0.6 is 0 Å². The minimum atomic E-state index is -1.06. The monoisotopic (exact) mass is 403 g/mol. The zero-order valence-electron chi connectivity index (χ0n) is 17.8. The summed E-state index contributed by atoms with van der Waals surface area (Å²) in [5.74, 6) is -0.778. The van der Waals surface area contributed by atoms with Crippen molar-refractivity contribution in [2.45, 2.75) is 57.7 Å². The van der Waals surface area contributed by atoms with Gasteiger partial charge in [0.05, 0.1) is 19.6 Å². The fourth-order valence-corrected chi connectivity index (χ4v) is 7.82. The lowest BCUT2D eigenvalue weighted by molar-refractivity contribution is -0.283. The van der Waals surface area contributed by atoms with E-state index in [1.165, 1.54) is 12.7 Å². The molecule has 0 aromatic heterocycles. The van der Waals surface area contributed by atoms with Gasteiger partial charge in [-0.25, -0.2) is 0 Å². The average Bonchev–Trinajstić information content (AvgIpc) is 3.26. The van der Waals surface area contributed by atoms with Gasteiger partial charge in [-0.1, -0.05) is 12.5 Å². The predicted molar refractivity (Wildman–Crippen MR) is 106 cm³/mol. The van der Waals surface area contributed by atoms with E-state index in [1.54, 1.807) is 0 Å². The zero-order chi connectivity index (χ0) is 20.6. The van der Waals surface area contributed by atoms with Crippen molar-refractivity contribution in [3.63, 3.8) is 0 Å². The van der Waals surface area contributed by atoms with Gasteiger partial charge < -0.3 is 19.5 Å². The van der Waals surface area contributed by atoms with Crippen molar-refractivity contribution in [2.24, 2.45) is 28.6 Å². The van der Waals surface area contributed by atoms with Crippen molar-refractivity contribution in [3.05, 3.63) is 11.1 Å². The average molecular weight is 404 g/mol. The standard InChI is InChI=1S/C23H33NO5/c1-4-23(27)8-7-21(13-29-23)14-9-18(25)16-6-5-15-17(20(26)28-3)10-22(21,19(15)16)12-24(2)11-14/h14-15,17,27H,4-13H2,1-3H3/t14-,15-,17-,21-,22-,23-/m1/s1. The van der Waals surface area contributed by atoms with Gasteiger partial charge >= 0.3 is 5.97 Å². The maximum absolute atomic E-state index is 13.3. The number of rotatable bonds is 2. The van der Waals surface area contributed by atoms with Crippen LogP contribution in [0.4, 0.5) is 0 Å². The third kappa shape index (κ3) is 2.45. The Kier molecular flexibility index (Phi) is 4.34. The quantitative estimate of drug-likeness (QED) is 0.713. The molecule has 0 unspecified atom stereocenters. The summed E-state index contributed by atoms with van der Waals surface area (Å²) >= 11 is 0. The number of ketones is 1. The summed E-state index contributed by atoms with van der Waals surface area (Å²) in [6, 6.07) is 0. The summed E-state index contributed by atoms with van der Waals surface area (Å²) in [5, 5.41) is 10.8. The smallest absolute Gasteiger partial charge is 0.309 e. The first-order valence-electron chi connectivity index (χ1n) is 11.2. The number of Topliss-reactive ketones (excluding diaryl/α,β-unsaturated/α-hetero) is 1. The van der Waals surface area contributed by atoms with Crippen LogP contribution in [0.2, 0.25) is 0 Å². The molecule has 160 valence electrons. The van der Waals surface area contributed by atoms with Gasteiger partial charge in [-0.05, 0) is 56.6 Å². The Labute approximate surface area is 172 Å². The molecular weight excluding hydrogens is 370 g/mol. The van der Waals surface area contributed by atoms with Crippen LogP contribution in [0.3, 0.4) is 0 Å². The first-order valence-corrected chi connectivity index (χ1v) is 11.2. The third-order valence-electron chi connectivity index (χ3n) is 9.16. The molecule has 0 aromatic rings. The highest BCUT2D eigenvalue weighted by Crippen LogP contribution is 2.71. The van der Waals surface area contributed by atoms with Gasteiger partial charge in [-0.15, -0.1) is 0 Å². The van der Waals surface area contributed by atoms with Crippen molar-refractivity contribution in [2.75, 3.05) is 33.9 Å². The van der Waals surface area contributed by atoms with Crippen LogP contribution in [0.5, 0.6) is 0 Å². The van der Waals surface area contributed by atoms with Gasteiger partial charge in [-0.2, -0.15) is 0 Å². The molecule has 2 saturated heterocycles. The van der Waals surface area contributed by atoms with E-state index in [1.807, 2.05) is 6.92 Å². The maximum atomic E-state index is 13.3. The van der Waals surface area contributed by atoms with Crippen molar-refractivity contribution in [3.8, 4) is 0 Å². The van der Waals surface area contributed by atoms with Crippen LogP contribution in [0.15, 0.2) is 11.1 Å². The Balaban J connectivity index is 1.68. The lowest BCUT2D eigenvalue weighted by Crippen LogP contribution is -2.64. The van der Waals surface area contributed by atoms with Gasteiger partial charge in [0.25, 0.3) is 0 Å². The first kappa shape index (κ1) is 19.7. The molecule has 3 aliphatic carbocycles. The van der Waals surface area contributed by atoms with E-state index in [9.17, 15) is 14.7 Å². The molecule has 2 spiro atoms. The third-order valence-corrected chi connectivity index (χ3v) is 9.16. The molecule has 5 rings (SSSR count). The minimum absolute atomic E-state index is 0.121. The Morgan fingerprint density at radius 3 is 2.83 bits per heavy atom. The van der Waals surface area contributed by atoms with Gasteiger partial charge in [-0.3, -0.25) is 9.59 Å². The van der Waals surface area contributed by atoms with Gasteiger partial charge in [0.2, 0.25) is 0 Å². The number of piperidine rings is 1. The first-order chi connectivity index (χ1) is 13.8. The molecule has 2 heterocycles. The number of hydrogen-bond acceptors (Lipinski definition) is 6. The van der Waals surface area contributed by atoms with Crippen molar-refractivity contribution < 1.29 is 24.2 Å². The second-order valence-corrected chi connectivity index (χ2v) is 10.2. The van der Waals surface area contributed by atoms with E-state index in [2.05, 4.69) is 11.9 Å². The van der Waals surface area contributed by atoms with Gasteiger partial charge in [0.1, 0.15) is 0 Å². The highest BCUT2D eigenvalue weighted by molar-refractivity contribution is 5.98. The van der Waals surface area contributed by atoms with Crippen molar-refractivity contribution in [1.82, 2.24) is 4.90 Å². The second kappa shape index (κ2) is 6.38. The number of ether oxygens (including phenoxy) is 2. The van der Waals surface area contributed by atoms with Gasteiger partial charge in [0.15, 0.2) is 11.6 Å². The molecule has 2 bridgehead atoms. The van der Waals surface area contributed by atoms with E-state index in [0.717, 1.165) is 44.3 Å². The Bertz CT molecular complexity index is 780. The predicted octanol–water partition coefficient (Wildman–Crippen LogP) is 2.30. The molecule has 6 nitrogen and oxygen atoms in total. The molecule has 0 aromatic carbocycles. The summed E-state index contributed by atoms with van der Waals surface area (Å²) < 4.78 is 11.4. The molecule has 1 N–H and O–H groups in total. The summed E-state index contributed by atoms with van der Waals surface area (Å²) in [7, 11) is 3.61. The normalized spacial score (nSPS) is 46.8. The second-order valence-electron chi connectivity index (χ2n) is 10.2. The summed E-state index contributed by atoms with van der Waals surface area (Å²) in [6.45, 7) is 4.15. The van der Waals surface area contributed by atoms with E-state index in [-0.39, 0.29) is 40.3 Å². The number of nitrogens with zero attached hydrogens (tertiary/aromatic N) is 1. The van der Waals surface area contributed by atoms with Crippen LogP contribution < -0.4 is 0 Å². The molecule has 0 amide bonds. The van der Waals surface area contributed by atoms with Gasteiger partial charge in [0, 0.05) is 36.8 Å². The molecule has 6 heteroatoms. The Morgan fingerprint density at radius 2 is 2.17 bits per heavy atom. The number of esters is 1. The van der Waals surface area contributed by atoms with Crippen LogP contribution in [0.25, 0.3) is 0 Å². The Morgan fingerprint density at radius 1 is 1.38 bits per heavy atom. The number of hydrogen-bond donors (Lipinski definition) is 1. The molecule has 2 aliphatic heterocycles. The summed E-state index contributed by atoms with van der Waals surface area (Å²) in [6.07, 6.45) is 4.99. The fourth-order valence-electron chi connectivity index (χ4n) is 7.82. The molecule has 3 fully saturated rings. The molecule has 6 atom stereocenters. The highest BCUT2D eigenvalue weighted by atomic mass is 16.6. The molecule has 5 aliphatic rings. The van der Waals surface area contributed by atoms with E-state index in [0.29, 0.717) is 25.9 Å². The van der Waals surface area contributed by atoms with E-state index >= 15 is 0 Å². The summed E-state index contributed by atoms with van der Waals surface area (Å²) in [4.78, 5) is 28.4. The maximum Gasteiger partial charge on any atom is 0.309 e. The number of allylic oxidation sites excluding steroid dienone is 1. The molecule has 0 radical (unpaired) electrons. The minimum Gasteiger partial charge on any atom is -0.469 e. The van der Waals surface area contributed by atoms with Crippen LogP contribution in [0, 0.1) is 28.6 Å². The fraction of sp³-hybridized carbons (Fsp3) is 0.826. The van der Waals surface area contributed by atoms with Crippen LogP contribution in [-0.4, -0.2) is 61.4 Å². The SMILES string of the molecule is CC[C@]1(O)CC[C@@]2(CO1)[C@@H]1CC(=O)C3=C4[C@H](CC3)[C@H](C(=O)OC)C[C@@]42CN(C)C1. The molecule has 29 heavy (non-hydrogen) atoms. The van der Waals surface area contributed by atoms with Crippen molar-refractivity contribution >= 4 is 11.8 Å². The number of methoxy groups -OCH3 is 1. The number of likely N-dealkylation sites (tertiary alicyclic amines) is 1. The number of aliphatic hydroxyl groups is 1. The van der Waals surface area contributed by atoms with Crippen molar-refractivity contribution in [1.29, 1.82) is 0 Å². The lowest BCUT2D eigenvalue weighted by Gasteiger charge is -2.61. The Hall–Kier alpha value is -1.24. The molecular formula is C23H33NO5. The van der Waals surface area contributed by atoms with E-state index < -0.39 is 5.79 Å². The van der Waals surface area contributed by atoms with E-state index in [4.69, 9.17) is 9.47 Å². The molecule has 1 saturated carbocycles. The topological polar surface area (TPSA) is 76.1 Å². The highest BCUT2D eigenvalue weighted by Gasteiger charge is 2.70.